The molecule has 0 bridgehead atoms. The van der Waals surface area contributed by atoms with Gasteiger partial charge >= 0.3 is 0 Å². The molecule has 1 aromatic carbocycles. The minimum Gasteiger partial charge on any atom is -0.379 e. The minimum atomic E-state index is 0. The van der Waals surface area contributed by atoms with Crippen LogP contribution in [0.3, 0.4) is 0 Å². The molecule has 0 aliphatic rings. The number of thioether (sulfide) groups is 1. The average Bonchev–Trinajstić information content (AvgIpc) is 2.01. The molecule has 0 aromatic heterocycles. The van der Waals surface area contributed by atoms with Gasteiger partial charge in [0.05, 0.1) is 0 Å². The first-order chi connectivity index (χ1) is 6.50. The van der Waals surface area contributed by atoms with Crippen molar-refractivity contribution in [2.75, 3.05) is 0 Å². The van der Waals surface area contributed by atoms with E-state index in [1.807, 2.05) is 0 Å². The molecule has 2 nitrogen and oxygen atoms in total. The predicted molar refractivity (Wildman–Crippen MR) is 71.1 cm³/mol. The number of nitrogens with two attached hydrogens (primary N) is 1. The van der Waals surface area contributed by atoms with Crippen LogP contribution in [0, 0.1) is 26.2 Å². The van der Waals surface area contributed by atoms with E-state index in [1.54, 1.807) is 0 Å². The smallest absolute Gasteiger partial charge is 0.151 e. The van der Waals surface area contributed by atoms with Crippen LogP contribution >= 0.6 is 24.2 Å². The summed E-state index contributed by atoms with van der Waals surface area (Å²) in [6, 6.07) is 4.34. The van der Waals surface area contributed by atoms with Gasteiger partial charge in [-0.25, -0.2) is 0 Å². The van der Waals surface area contributed by atoms with Gasteiger partial charge in [0.1, 0.15) is 0 Å². The van der Waals surface area contributed by atoms with Crippen LogP contribution in [0.5, 0.6) is 0 Å². The summed E-state index contributed by atoms with van der Waals surface area (Å²) in [5.74, 6) is 0.799. The maximum absolute atomic E-state index is 7.17. The Hall–Kier alpha value is -0.670. The summed E-state index contributed by atoms with van der Waals surface area (Å²) in [6.07, 6.45) is 0. The standard InChI is InChI=1S/C11H16N2S.ClH/c1-7-4-8(2)10(9(3)5-7)6-14-11(12)13;/h4-5H,6H2,1-3H3,(H3,12,13);1H. The van der Waals surface area contributed by atoms with Gasteiger partial charge in [-0.2, -0.15) is 0 Å². The molecule has 0 saturated heterocycles. The molecule has 0 amide bonds. The highest BCUT2D eigenvalue weighted by atomic mass is 35.5. The Balaban J connectivity index is 0.00000196. The summed E-state index contributed by atoms with van der Waals surface area (Å²) in [7, 11) is 0. The van der Waals surface area contributed by atoms with E-state index in [0.717, 1.165) is 5.75 Å². The van der Waals surface area contributed by atoms with Gasteiger partial charge in [0.15, 0.2) is 5.17 Å². The maximum Gasteiger partial charge on any atom is 0.151 e. The zero-order chi connectivity index (χ0) is 10.7. The van der Waals surface area contributed by atoms with E-state index in [0.29, 0.717) is 0 Å². The second kappa shape index (κ2) is 6.03. The van der Waals surface area contributed by atoms with Gasteiger partial charge in [0, 0.05) is 5.75 Å². The highest BCUT2D eigenvalue weighted by molar-refractivity contribution is 8.13. The molecule has 0 atom stereocenters. The van der Waals surface area contributed by atoms with Crippen LogP contribution in [0.4, 0.5) is 0 Å². The number of hydrogen-bond donors (Lipinski definition) is 2. The molecule has 0 unspecified atom stereocenters. The number of aryl methyl sites for hydroxylation is 3. The van der Waals surface area contributed by atoms with Crippen molar-refractivity contribution in [3.8, 4) is 0 Å². The fourth-order valence-corrected chi connectivity index (χ4v) is 2.34. The monoisotopic (exact) mass is 244 g/mol. The quantitative estimate of drug-likeness (QED) is 0.620. The molecule has 0 saturated carbocycles. The fourth-order valence-electron chi connectivity index (χ4n) is 1.59. The van der Waals surface area contributed by atoms with Crippen LogP contribution in [-0.2, 0) is 5.75 Å². The molecule has 0 radical (unpaired) electrons. The average molecular weight is 245 g/mol. The molecule has 0 fully saturated rings. The lowest BCUT2D eigenvalue weighted by Crippen LogP contribution is -2.05. The van der Waals surface area contributed by atoms with Crippen LogP contribution in [0.1, 0.15) is 22.3 Å². The van der Waals surface area contributed by atoms with Gasteiger partial charge in [-0.15, -0.1) is 12.4 Å². The van der Waals surface area contributed by atoms with Crippen molar-refractivity contribution < 1.29 is 0 Å². The first-order valence-corrected chi connectivity index (χ1v) is 5.53. The largest absolute Gasteiger partial charge is 0.379 e. The van der Waals surface area contributed by atoms with E-state index in [-0.39, 0.29) is 17.6 Å². The molecule has 0 heterocycles. The molecule has 1 rings (SSSR count). The van der Waals surface area contributed by atoms with Gasteiger partial charge in [-0.1, -0.05) is 29.5 Å². The predicted octanol–water partition coefficient (Wildman–Crippen LogP) is 3.16. The van der Waals surface area contributed by atoms with Gasteiger partial charge in [0.25, 0.3) is 0 Å². The number of benzene rings is 1. The lowest BCUT2D eigenvalue weighted by atomic mass is 10.0. The van der Waals surface area contributed by atoms with Gasteiger partial charge < -0.3 is 5.73 Å². The van der Waals surface area contributed by atoms with Crippen LogP contribution in [0.2, 0.25) is 0 Å². The second-order valence-electron chi connectivity index (χ2n) is 3.53. The van der Waals surface area contributed by atoms with E-state index < -0.39 is 0 Å². The number of hydrogen-bond acceptors (Lipinski definition) is 2. The van der Waals surface area contributed by atoms with Crippen LogP contribution in [0.15, 0.2) is 12.1 Å². The molecule has 84 valence electrons. The highest BCUT2D eigenvalue weighted by Gasteiger charge is 2.04. The Morgan fingerprint density at radius 2 is 1.73 bits per heavy atom. The van der Waals surface area contributed by atoms with Crippen molar-refractivity contribution in [3.63, 3.8) is 0 Å². The van der Waals surface area contributed by atoms with Crippen molar-refractivity contribution in [2.45, 2.75) is 26.5 Å². The topological polar surface area (TPSA) is 49.9 Å². The van der Waals surface area contributed by atoms with Gasteiger partial charge in [-0.05, 0) is 37.5 Å². The number of rotatable bonds is 2. The fraction of sp³-hybridized carbons (Fsp3) is 0.364. The van der Waals surface area contributed by atoms with Crippen LogP contribution < -0.4 is 5.73 Å². The maximum atomic E-state index is 7.17. The molecule has 0 aliphatic heterocycles. The third-order valence-corrected chi connectivity index (χ3v) is 2.96. The molecular weight excluding hydrogens is 228 g/mol. The third kappa shape index (κ3) is 4.14. The number of amidine groups is 1. The molecule has 0 aliphatic carbocycles. The van der Waals surface area contributed by atoms with Crippen LogP contribution in [-0.4, -0.2) is 5.17 Å². The zero-order valence-electron chi connectivity index (χ0n) is 9.26. The van der Waals surface area contributed by atoms with Gasteiger partial charge in [-0.3, -0.25) is 5.41 Å². The van der Waals surface area contributed by atoms with E-state index in [2.05, 4.69) is 32.9 Å². The summed E-state index contributed by atoms with van der Waals surface area (Å²) in [6.45, 7) is 6.31. The highest BCUT2D eigenvalue weighted by Crippen LogP contribution is 2.21. The molecule has 4 heteroatoms. The molecule has 3 N–H and O–H groups in total. The Kier molecular flexibility index (Phi) is 5.76. The van der Waals surface area contributed by atoms with Crippen molar-refractivity contribution in [1.82, 2.24) is 0 Å². The normalized spacial score (nSPS) is 9.53. The van der Waals surface area contributed by atoms with Gasteiger partial charge in [0.2, 0.25) is 0 Å². The number of nitrogens with one attached hydrogen (secondary N) is 1. The Bertz CT molecular complexity index is 341. The lowest BCUT2D eigenvalue weighted by molar-refractivity contribution is 1.22. The summed E-state index contributed by atoms with van der Waals surface area (Å²) >= 11 is 1.38. The molecule has 15 heavy (non-hydrogen) atoms. The first kappa shape index (κ1) is 14.3. The Morgan fingerprint density at radius 3 is 2.13 bits per heavy atom. The zero-order valence-corrected chi connectivity index (χ0v) is 10.9. The molecule has 0 spiro atoms. The summed E-state index contributed by atoms with van der Waals surface area (Å²) in [5.41, 5.74) is 10.5. The second-order valence-corrected chi connectivity index (χ2v) is 4.55. The van der Waals surface area contributed by atoms with Crippen molar-refractivity contribution in [1.29, 1.82) is 5.41 Å². The minimum absolute atomic E-state index is 0. The molecule has 1 aromatic rings. The van der Waals surface area contributed by atoms with E-state index >= 15 is 0 Å². The van der Waals surface area contributed by atoms with Crippen molar-refractivity contribution in [2.24, 2.45) is 5.73 Å². The number of halogens is 1. The summed E-state index contributed by atoms with van der Waals surface area (Å²) < 4.78 is 0. The molecular formula is C11H17ClN2S. The van der Waals surface area contributed by atoms with Crippen LogP contribution in [0.25, 0.3) is 0 Å². The Morgan fingerprint density at radius 1 is 1.27 bits per heavy atom. The van der Waals surface area contributed by atoms with Crippen molar-refractivity contribution >= 4 is 29.3 Å². The van der Waals surface area contributed by atoms with E-state index in [1.165, 1.54) is 34.0 Å². The van der Waals surface area contributed by atoms with E-state index in [4.69, 9.17) is 11.1 Å². The summed E-state index contributed by atoms with van der Waals surface area (Å²) in [4.78, 5) is 0. The Labute approximate surface area is 102 Å². The SMILES string of the molecule is Cc1cc(C)c(CSC(=N)N)c(C)c1.Cl. The van der Waals surface area contributed by atoms with Crippen molar-refractivity contribution in [3.05, 3.63) is 34.4 Å². The first-order valence-electron chi connectivity index (χ1n) is 4.54. The lowest BCUT2D eigenvalue weighted by Gasteiger charge is -2.10. The third-order valence-electron chi connectivity index (χ3n) is 2.21. The van der Waals surface area contributed by atoms with E-state index in [9.17, 15) is 0 Å². The summed E-state index contributed by atoms with van der Waals surface area (Å²) in [5, 5.41) is 7.35.